The smallest absolute Gasteiger partial charge is 0.338 e. The second kappa shape index (κ2) is 7.16. The summed E-state index contributed by atoms with van der Waals surface area (Å²) in [7, 11) is 0. The van der Waals surface area contributed by atoms with Crippen LogP contribution in [-0.2, 0) is 9.47 Å². The van der Waals surface area contributed by atoms with E-state index in [1.807, 2.05) is 24.3 Å². The van der Waals surface area contributed by atoms with Crippen LogP contribution in [0.25, 0.3) is 11.1 Å². The molecule has 0 aromatic heterocycles. The molecule has 2 aromatic carbocycles. The van der Waals surface area contributed by atoms with Crippen LogP contribution in [0.2, 0.25) is 0 Å². The Morgan fingerprint density at radius 3 is 2.58 bits per heavy atom. The quantitative estimate of drug-likeness (QED) is 0.603. The van der Waals surface area contributed by atoms with Crippen LogP contribution in [-0.4, -0.2) is 31.9 Å². The topological polar surface area (TPSA) is 71.9 Å². The van der Waals surface area contributed by atoms with E-state index in [0.29, 0.717) is 36.7 Å². The maximum Gasteiger partial charge on any atom is 0.338 e. The van der Waals surface area contributed by atoms with Crippen LogP contribution in [0.1, 0.15) is 22.8 Å². The van der Waals surface area contributed by atoms with Gasteiger partial charge >= 0.3 is 5.97 Å². The summed E-state index contributed by atoms with van der Waals surface area (Å²) in [5.41, 5.74) is 2.84. The number of nitriles is 1. The minimum absolute atomic E-state index is 0.129. The van der Waals surface area contributed by atoms with Crippen molar-refractivity contribution in [3.63, 3.8) is 0 Å². The first kappa shape index (κ1) is 16.0. The molecule has 3 rings (SSSR count). The molecule has 0 saturated carbocycles. The van der Waals surface area contributed by atoms with Crippen molar-refractivity contribution in [2.75, 3.05) is 19.8 Å². The number of hydrogen-bond donors (Lipinski definition) is 0. The van der Waals surface area contributed by atoms with E-state index >= 15 is 0 Å². The van der Waals surface area contributed by atoms with Crippen LogP contribution in [0.15, 0.2) is 42.5 Å². The van der Waals surface area contributed by atoms with Gasteiger partial charge in [0, 0.05) is 0 Å². The first-order valence-electron chi connectivity index (χ1n) is 7.77. The number of rotatable bonds is 6. The molecule has 1 aliphatic heterocycles. The predicted octanol–water partition coefficient (Wildman–Crippen LogP) is 3.18. The lowest BCUT2D eigenvalue weighted by Crippen LogP contribution is -2.05. The number of hydrogen-bond acceptors (Lipinski definition) is 5. The van der Waals surface area contributed by atoms with Gasteiger partial charge < -0.3 is 14.2 Å². The molecule has 1 atom stereocenters. The fourth-order valence-corrected chi connectivity index (χ4v) is 2.27. The van der Waals surface area contributed by atoms with Crippen molar-refractivity contribution in [1.82, 2.24) is 0 Å². The highest BCUT2D eigenvalue weighted by Gasteiger charge is 2.23. The van der Waals surface area contributed by atoms with E-state index in [0.717, 1.165) is 11.1 Å². The van der Waals surface area contributed by atoms with Crippen molar-refractivity contribution in [3.8, 4) is 22.9 Å². The summed E-state index contributed by atoms with van der Waals surface area (Å²) in [5.74, 6) is 0.206. The molecule has 5 nitrogen and oxygen atoms in total. The first-order chi connectivity index (χ1) is 11.7. The van der Waals surface area contributed by atoms with Gasteiger partial charge in [0.15, 0.2) is 0 Å². The molecule has 0 bridgehead atoms. The Hall–Kier alpha value is -2.84. The van der Waals surface area contributed by atoms with Gasteiger partial charge in [0.1, 0.15) is 24.5 Å². The van der Waals surface area contributed by atoms with Crippen molar-refractivity contribution in [2.24, 2.45) is 0 Å². The van der Waals surface area contributed by atoms with Gasteiger partial charge in [-0.2, -0.15) is 5.26 Å². The highest BCUT2D eigenvalue weighted by Crippen LogP contribution is 2.28. The van der Waals surface area contributed by atoms with Crippen LogP contribution in [0.5, 0.6) is 5.75 Å². The summed E-state index contributed by atoms with van der Waals surface area (Å²) in [4.78, 5) is 11.7. The van der Waals surface area contributed by atoms with Gasteiger partial charge in [-0.1, -0.05) is 18.2 Å². The Morgan fingerprint density at radius 1 is 1.25 bits per heavy atom. The van der Waals surface area contributed by atoms with E-state index in [4.69, 9.17) is 14.2 Å². The number of carbonyl (C=O) groups is 1. The van der Waals surface area contributed by atoms with Gasteiger partial charge in [-0.3, -0.25) is 0 Å². The molecule has 122 valence electrons. The van der Waals surface area contributed by atoms with Gasteiger partial charge in [0.2, 0.25) is 0 Å². The molecule has 1 saturated heterocycles. The summed E-state index contributed by atoms with van der Waals surface area (Å²) in [6.07, 6.45) is 0.129. The molecule has 0 radical (unpaired) electrons. The maximum atomic E-state index is 11.7. The Balaban J connectivity index is 1.81. The molecule has 1 aliphatic rings. The first-order valence-corrected chi connectivity index (χ1v) is 7.77. The summed E-state index contributed by atoms with van der Waals surface area (Å²) >= 11 is 0. The third-order valence-corrected chi connectivity index (χ3v) is 3.66. The molecule has 0 N–H and O–H groups in total. The van der Waals surface area contributed by atoms with E-state index in [9.17, 15) is 10.1 Å². The molecule has 0 amide bonds. The lowest BCUT2D eigenvalue weighted by molar-refractivity contribution is 0.0526. The van der Waals surface area contributed by atoms with E-state index < -0.39 is 0 Å². The fraction of sp³-hybridized carbons (Fsp3) is 0.263. The number of ether oxygens (including phenoxy) is 3. The van der Waals surface area contributed by atoms with Crippen LogP contribution in [0.4, 0.5) is 0 Å². The van der Waals surface area contributed by atoms with Crippen molar-refractivity contribution < 1.29 is 19.0 Å². The van der Waals surface area contributed by atoms with Crippen molar-refractivity contribution >= 4 is 5.97 Å². The third kappa shape index (κ3) is 3.73. The number of carbonyl (C=O) groups excluding carboxylic acids is 1. The minimum atomic E-state index is -0.336. The molecule has 24 heavy (non-hydrogen) atoms. The second-order valence-electron chi connectivity index (χ2n) is 5.39. The Labute approximate surface area is 140 Å². The normalized spacial score (nSPS) is 15.4. The number of epoxide rings is 1. The average Bonchev–Trinajstić information content (AvgIpc) is 3.44. The van der Waals surface area contributed by atoms with Crippen molar-refractivity contribution in [2.45, 2.75) is 13.0 Å². The molecule has 1 heterocycles. The zero-order valence-electron chi connectivity index (χ0n) is 13.3. The molecule has 5 heteroatoms. The zero-order chi connectivity index (χ0) is 16.9. The molecule has 0 unspecified atom stereocenters. The van der Waals surface area contributed by atoms with E-state index in [1.165, 1.54) is 0 Å². The van der Waals surface area contributed by atoms with Crippen LogP contribution >= 0.6 is 0 Å². The second-order valence-corrected chi connectivity index (χ2v) is 5.39. The minimum Gasteiger partial charge on any atom is -0.489 e. The summed E-state index contributed by atoms with van der Waals surface area (Å²) in [6.45, 7) is 3.27. The Morgan fingerprint density at radius 2 is 1.96 bits per heavy atom. The van der Waals surface area contributed by atoms with Crippen LogP contribution in [0.3, 0.4) is 0 Å². The highest BCUT2D eigenvalue weighted by molar-refractivity contribution is 5.90. The number of benzene rings is 2. The highest BCUT2D eigenvalue weighted by atomic mass is 16.6. The van der Waals surface area contributed by atoms with E-state index in [1.54, 1.807) is 25.1 Å². The number of esters is 1. The third-order valence-electron chi connectivity index (χ3n) is 3.66. The average molecular weight is 323 g/mol. The zero-order valence-corrected chi connectivity index (χ0v) is 13.3. The lowest BCUT2D eigenvalue weighted by Gasteiger charge is -2.09. The van der Waals surface area contributed by atoms with Crippen molar-refractivity contribution in [1.29, 1.82) is 5.26 Å². The number of nitrogens with zero attached hydrogens (tertiary/aromatic N) is 1. The van der Waals surface area contributed by atoms with Gasteiger partial charge in [-0.05, 0) is 42.3 Å². The molecule has 0 aliphatic carbocycles. The standard InChI is InChI=1S/C19H17NO4/c1-2-22-19(21)14-5-3-13(4-6-14)15-7-8-16(10-20)18(9-15)24-12-17-11-23-17/h3-9,17H,2,11-12H2,1H3/t17-/m1/s1. The molecule has 1 fully saturated rings. The van der Waals surface area contributed by atoms with Gasteiger partial charge in [0.25, 0.3) is 0 Å². The van der Waals surface area contributed by atoms with Crippen LogP contribution in [0, 0.1) is 11.3 Å². The van der Waals surface area contributed by atoms with E-state index in [2.05, 4.69) is 6.07 Å². The van der Waals surface area contributed by atoms with Gasteiger partial charge in [-0.15, -0.1) is 0 Å². The summed E-state index contributed by atoms with van der Waals surface area (Å²) in [6, 6.07) is 14.7. The Kier molecular flexibility index (Phi) is 4.78. The molecular weight excluding hydrogens is 306 g/mol. The fourth-order valence-electron chi connectivity index (χ4n) is 2.27. The Bertz CT molecular complexity index is 773. The summed E-state index contributed by atoms with van der Waals surface area (Å²) < 4.78 is 15.8. The van der Waals surface area contributed by atoms with E-state index in [-0.39, 0.29) is 12.1 Å². The lowest BCUT2D eigenvalue weighted by atomic mass is 10.0. The largest absolute Gasteiger partial charge is 0.489 e. The SMILES string of the molecule is CCOC(=O)c1ccc(-c2ccc(C#N)c(OC[C@H]3CO3)c2)cc1. The molecule has 0 spiro atoms. The molecular formula is C19H17NO4. The summed E-state index contributed by atoms with van der Waals surface area (Å²) in [5, 5.41) is 9.20. The predicted molar refractivity (Wildman–Crippen MR) is 87.8 cm³/mol. The van der Waals surface area contributed by atoms with Gasteiger partial charge in [-0.25, -0.2) is 4.79 Å². The molecule has 2 aromatic rings. The monoisotopic (exact) mass is 323 g/mol. The maximum absolute atomic E-state index is 11.7. The van der Waals surface area contributed by atoms with Crippen molar-refractivity contribution in [3.05, 3.63) is 53.6 Å². The van der Waals surface area contributed by atoms with Crippen LogP contribution < -0.4 is 4.74 Å². The van der Waals surface area contributed by atoms with Gasteiger partial charge in [0.05, 0.1) is 24.3 Å².